The fourth-order valence-electron chi connectivity index (χ4n) is 1.59. The highest BCUT2D eigenvalue weighted by Gasteiger charge is 2.13. The van der Waals surface area contributed by atoms with E-state index in [2.05, 4.69) is 10.6 Å². The fourth-order valence-corrected chi connectivity index (χ4v) is 1.59. The number of amides is 2. The van der Waals surface area contributed by atoms with Crippen LogP contribution in [-0.4, -0.2) is 22.4 Å². The summed E-state index contributed by atoms with van der Waals surface area (Å²) < 4.78 is 0. The lowest BCUT2D eigenvalue weighted by Crippen LogP contribution is -2.14. The summed E-state index contributed by atoms with van der Waals surface area (Å²) in [4.78, 5) is 21.3. The van der Waals surface area contributed by atoms with Crippen molar-refractivity contribution in [2.45, 2.75) is 20.8 Å². The van der Waals surface area contributed by atoms with Crippen LogP contribution in [0.1, 0.15) is 16.7 Å². The molecule has 2 amide bonds. The minimum absolute atomic E-state index is 0.379. The molecule has 0 heterocycles. The lowest BCUT2D eigenvalue weighted by Gasteiger charge is -2.16. The lowest BCUT2D eigenvalue weighted by molar-refractivity contribution is 0.208. The summed E-state index contributed by atoms with van der Waals surface area (Å²) in [6.07, 6.45) is -2.36. The predicted octanol–water partition coefficient (Wildman–Crippen LogP) is 2.79. The molecule has 6 nitrogen and oxygen atoms in total. The maximum absolute atomic E-state index is 10.7. The zero-order chi connectivity index (χ0) is 13.2. The van der Waals surface area contributed by atoms with Crippen molar-refractivity contribution in [2.24, 2.45) is 0 Å². The minimum Gasteiger partial charge on any atom is -0.465 e. The Morgan fingerprint density at radius 2 is 1.53 bits per heavy atom. The van der Waals surface area contributed by atoms with Gasteiger partial charge in [-0.2, -0.15) is 0 Å². The van der Waals surface area contributed by atoms with Crippen molar-refractivity contribution in [2.75, 3.05) is 10.6 Å². The van der Waals surface area contributed by atoms with Gasteiger partial charge in [-0.15, -0.1) is 0 Å². The average molecular weight is 238 g/mol. The molecule has 4 N–H and O–H groups in total. The Hall–Kier alpha value is -2.24. The first-order valence-electron chi connectivity index (χ1n) is 4.93. The first-order chi connectivity index (χ1) is 7.82. The molecule has 1 rings (SSSR count). The second kappa shape index (κ2) is 4.73. The lowest BCUT2D eigenvalue weighted by atomic mass is 10.0. The molecule has 0 fully saturated rings. The first kappa shape index (κ1) is 12.8. The number of benzene rings is 1. The predicted molar refractivity (Wildman–Crippen MR) is 63.9 cm³/mol. The molecule has 0 saturated carbocycles. The van der Waals surface area contributed by atoms with Gasteiger partial charge < -0.3 is 10.2 Å². The Bertz CT molecular complexity index is 483. The highest BCUT2D eigenvalue weighted by molar-refractivity contribution is 5.91. The van der Waals surface area contributed by atoms with Gasteiger partial charge in [0.05, 0.1) is 5.69 Å². The average Bonchev–Trinajstić information content (AvgIpc) is 2.20. The van der Waals surface area contributed by atoms with Gasteiger partial charge in [0.2, 0.25) is 0 Å². The van der Waals surface area contributed by atoms with Crippen LogP contribution in [0.25, 0.3) is 0 Å². The van der Waals surface area contributed by atoms with Crippen LogP contribution < -0.4 is 10.6 Å². The smallest absolute Gasteiger partial charge is 0.409 e. The van der Waals surface area contributed by atoms with E-state index in [0.29, 0.717) is 16.9 Å². The molecule has 0 atom stereocenters. The van der Waals surface area contributed by atoms with Crippen molar-refractivity contribution in [3.8, 4) is 0 Å². The highest BCUT2D eigenvalue weighted by atomic mass is 16.4. The van der Waals surface area contributed by atoms with Crippen LogP contribution >= 0.6 is 0 Å². The molecule has 0 radical (unpaired) electrons. The number of rotatable bonds is 2. The number of hydrogen-bond donors (Lipinski definition) is 4. The van der Waals surface area contributed by atoms with Gasteiger partial charge in [-0.25, -0.2) is 9.59 Å². The third-order valence-corrected chi connectivity index (χ3v) is 2.58. The number of aryl methyl sites for hydroxylation is 1. The summed E-state index contributed by atoms with van der Waals surface area (Å²) in [5, 5.41) is 21.9. The number of nitrogens with one attached hydrogen (secondary N) is 2. The molecule has 0 unspecified atom stereocenters. The Morgan fingerprint density at radius 1 is 1.00 bits per heavy atom. The standard InChI is InChI=1S/C11H14N2O4/c1-5-4-8(12-10(14)15)7(3)9(6(5)2)13-11(16)17/h4,12-13H,1-3H3,(H,14,15)(H,16,17). The van der Waals surface area contributed by atoms with E-state index in [9.17, 15) is 9.59 Å². The van der Waals surface area contributed by atoms with Crippen LogP contribution in [0, 0.1) is 20.8 Å². The molecular formula is C11H14N2O4. The molecule has 92 valence electrons. The highest BCUT2D eigenvalue weighted by Crippen LogP contribution is 2.30. The summed E-state index contributed by atoms with van der Waals surface area (Å²) in [6.45, 7) is 5.22. The van der Waals surface area contributed by atoms with Crippen LogP contribution in [-0.2, 0) is 0 Å². The summed E-state index contributed by atoms with van der Waals surface area (Å²) in [5.74, 6) is 0. The molecule has 1 aromatic rings. The van der Waals surface area contributed by atoms with Crippen LogP contribution in [0.2, 0.25) is 0 Å². The maximum atomic E-state index is 10.7. The van der Waals surface area contributed by atoms with E-state index in [0.717, 1.165) is 11.1 Å². The minimum atomic E-state index is -1.18. The Labute approximate surface area is 98.3 Å². The number of carbonyl (C=O) groups is 2. The van der Waals surface area contributed by atoms with Crippen LogP contribution in [0.3, 0.4) is 0 Å². The van der Waals surface area contributed by atoms with Crippen molar-refractivity contribution < 1.29 is 19.8 Å². The number of hydrogen-bond acceptors (Lipinski definition) is 2. The van der Waals surface area contributed by atoms with Crippen molar-refractivity contribution in [3.05, 3.63) is 22.8 Å². The molecule has 0 aliphatic heterocycles. The molecule has 17 heavy (non-hydrogen) atoms. The van der Waals surface area contributed by atoms with E-state index in [1.165, 1.54) is 0 Å². The zero-order valence-corrected chi connectivity index (χ0v) is 9.79. The first-order valence-corrected chi connectivity index (χ1v) is 4.93. The molecule has 0 aromatic heterocycles. The van der Waals surface area contributed by atoms with E-state index in [1.54, 1.807) is 26.8 Å². The summed E-state index contributed by atoms with van der Waals surface area (Å²) in [7, 11) is 0. The van der Waals surface area contributed by atoms with Crippen molar-refractivity contribution >= 4 is 23.6 Å². The van der Waals surface area contributed by atoms with E-state index in [1.807, 2.05) is 0 Å². The maximum Gasteiger partial charge on any atom is 0.409 e. The van der Waals surface area contributed by atoms with E-state index >= 15 is 0 Å². The quantitative estimate of drug-likeness (QED) is 0.636. The van der Waals surface area contributed by atoms with Crippen molar-refractivity contribution in [1.29, 1.82) is 0 Å². The zero-order valence-electron chi connectivity index (χ0n) is 9.79. The molecule has 0 aliphatic carbocycles. The normalized spacial score (nSPS) is 9.82. The van der Waals surface area contributed by atoms with Gasteiger partial charge in [0, 0.05) is 5.69 Å². The third kappa shape index (κ3) is 2.87. The number of carboxylic acid groups (broad SMARTS) is 2. The van der Waals surface area contributed by atoms with Crippen LogP contribution in [0.4, 0.5) is 21.0 Å². The Balaban J connectivity index is 3.31. The second-order valence-electron chi connectivity index (χ2n) is 3.73. The fraction of sp³-hybridized carbons (Fsp3) is 0.273. The second-order valence-corrected chi connectivity index (χ2v) is 3.73. The SMILES string of the molecule is Cc1cc(NC(=O)O)c(C)c(NC(=O)O)c1C. The van der Waals surface area contributed by atoms with Gasteiger partial charge in [-0.05, 0) is 43.5 Å². The molecule has 0 spiro atoms. The Morgan fingerprint density at radius 3 is 2.00 bits per heavy atom. The van der Waals surface area contributed by atoms with Gasteiger partial charge in [-0.1, -0.05) is 0 Å². The summed E-state index contributed by atoms with van der Waals surface area (Å²) in [6, 6.07) is 1.67. The molecule has 0 saturated heterocycles. The monoisotopic (exact) mass is 238 g/mol. The third-order valence-electron chi connectivity index (χ3n) is 2.58. The van der Waals surface area contributed by atoms with Gasteiger partial charge in [0.25, 0.3) is 0 Å². The van der Waals surface area contributed by atoms with Gasteiger partial charge in [0.15, 0.2) is 0 Å². The van der Waals surface area contributed by atoms with Gasteiger partial charge in [0.1, 0.15) is 0 Å². The van der Waals surface area contributed by atoms with E-state index < -0.39 is 12.2 Å². The Kier molecular flexibility index (Phi) is 3.57. The molecule has 1 aromatic carbocycles. The van der Waals surface area contributed by atoms with Crippen LogP contribution in [0.5, 0.6) is 0 Å². The largest absolute Gasteiger partial charge is 0.465 e. The molecule has 0 bridgehead atoms. The van der Waals surface area contributed by atoms with Gasteiger partial charge in [-0.3, -0.25) is 10.6 Å². The molecule has 6 heteroatoms. The van der Waals surface area contributed by atoms with Gasteiger partial charge >= 0.3 is 12.2 Å². The summed E-state index contributed by atoms with van der Waals surface area (Å²) >= 11 is 0. The van der Waals surface area contributed by atoms with Crippen molar-refractivity contribution in [3.63, 3.8) is 0 Å². The van der Waals surface area contributed by atoms with Crippen molar-refractivity contribution in [1.82, 2.24) is 0 Å². The number of anilines is 2. The molecule has 0 aliphatic rings. The summed E-state index contributed by atoms with van der Waals surface area (Å²) in [5.41, 5.74) is 2.94. The van der Waals surface area contributed by atoms with E-state index in [-0.39, 0.29) is 0 Å². The van der Waals surface area contributed by atoms with E-state index in [4.69, 9.17) is 10.2 Å². The van der Waals surface area contributed by atoms with Crippen LogP contribution in [0.15, 0.2) is 6.07 Å². The molecular weight excluding hydrogens is 224 g/mol. The topological polar surface area (TPSA) is 98.7 Å².